The standard InChI is InChI=1S/C18H19N7/c1-13-22-14(12-17(23-13)24-16-7-2-3-8-19-16)15-6-4-11-25(15)18-20-9-5-10-21-18/h2-3,5,7-10,12,15H,4,6,11H2,1H3,(H,19,22,23,24)/t15-/m0/s1. The van der Waals surface area contributed by atoms with Crippen molar-refractivity contribution < 1.29 is 0 Å². The number of aryl methyl sites for hydroxylation is 1. The Morgan fingerprint density at radius 3 is 2.64 bits per heavy atom. The lowest BCUT2D eigenvalue weighted by atomic mass is 10.1. The number of rotatable bonds is 4. The van der Waals surface area contributed by atoms with E-state index in [0.29, 0.717) is 0 Å². The van der Waals surface area contributed by atoms with Crippen LogP contribution >= 0.6 is 0 Å². The van der Waals surface area contributed by atoms with Gasteiger partial charge in [0.1, 0.15) is 17.5 Å². The second-order valence-corrected chi connectivity index (χ2v) is 5.97. The topological polar surface area (TPSA) is 79.7 Å². The number of nitrogens with zero attached hydrogens (tertiary/aromatic N) is 6. The first-order valence-electron chi connectivity index (χ1n) is 8.37. The van der Waals surface area contributed by atoms with Crippen molar-refractivity contribution in [1.29, 1.82) is 0 Å². The van der Waals surface area contributed by atoms with Gasteiger partial charge in [-0.05, 0) is 38.0 Å². The van der Waals surface area contributed by atoms with Crippen LogP contribution in [0.25, 0.3) is 0 Å². The summed E-state index contributed by atoms with van der Waals surface area (Å²) in [4.78, 5) is 24.4. The van der Waals surface area contributed by atoms with Crippen molar-refractivity contribution in [2.75, 3.05) is 16.8 Å². The molecule has 4 rings (SSSR count). The summed E-state index contributed by atoms with van der Waals surface area (Å²) in [6.07, 6.45) is 7.42. The fourth-order valence-electron chi connectivity index (χ4n) is 3.15. The summed E-state index contributed by atoms with van der Waals surface area (Å²) >= 11 is 0. The van der Waals surface area contributed by atoms with Crippen LogP contribution in [0.2, 0.25) is 0 Å². The van der Waals surface area contributed by atoms with E-state index in [4.69, 9.17) is 0 Å². The average Bonchev–Trinajstić information content (AvgIpc) is 3.13. The minimum atomic E-state index is 0.161. The van der Waals surface area contributed by atoms with E-state index in [-0.39, 0.29) is 6.04 Å². The second-order valence-electron chi connectivity index (χ2n) is 5.97. The lowest BCUT2D eigenvalue weighted by Gasteiger charge is -2.24. The van der Waals surface area contributed by atoms with E-state index in [1.54, 1.807) is 18.6 Å². The van der Waals surface area contributed by atoms with E-state index < -0.39 is 0 Å². The molecule has 1 aliphatic rings. The predicted octanol–water partition coefficient (Wildman–Crippen LogP) is 3.06. The highest BCUT2D eigenvalue weighted by Gasteiger charge is 2.29. The van der Waals surface area contributed by atoms with Gasteiger partial charge in [0, 0.05) is 31.2 Å². The highest BCUT2D eigenvalue weighted by Crippen LogP contribution is 2.34. The first-order chi connectivity index (χ1) is 12.3. The van der Waals surface area contributed by atoms with Crippen LogP contribution in [-0.4, -0.2) is 31.5 Å². The summed E-state index contributed by atoms with van der Waals surface area (Å²) in [5, 5.41) is 3.25. The third-order valence-corrected chi connectivity index (χ3v) is 4.18. The van der Waals surface area contributed by atoms with Crippen LogP contribution in [0.4, 0.5) is 17.6 Å². The van der Waals surface area contributed by atoms with Gasteiger partial charge in [0.05, 0.1) is 11.7 Å². The number of hydrogen-bond donors (Lipinski definition) is 1. The molecule has 0 unspecified atom stereocenters. The Balaban J connectivity index is 1.63. The molecule has 25 heavy (non-hydrogen) atoms. The molecule has 0 radical (unpaired) electrons. The lowest BCUT2D eigenvalue weighted by Crippen LogP contribution is -2.25. The van der Waals surface area contributed by atoms with Crippen LogP contribution < -0.4 is 10.2 Å². The summed E-state index contributed by atoms with van der Waals surface area (Å²) in [7, 11) is 0. The largest absolute Gasteiger partial charge is 0.332 e. The number of hydrogen-bond acceptors (Lipinski definition) is 7. The van der Waals surface area contributed by atoms with Crippen LogP contribution in [0, 0.1) is 6.92 Å². The molecule has 1 N–H and O–H groups in total. The zero-order valence-corrected chi connectivity index (χ0v) is 14.0. The number of nitrogens with one attached hydrogen (secondary N) is 1. The maximum Gasteiger partial charge on any atom is 0.225 e. The predicted molar refractivity (Wildman–Crippen MR) is 95.6 cm³/mol. The van der Waals surface area contributed by atoms with Crippen LogP contribution in [0.3, 0.4) is 0 Å². The Bertz CT molecular complexity index is 839. The Labute approximate surface area is 146 Å². The van der Waals surface area contributed by atoms with Crippen molar-refractivity contribution in [1.82, 2.24) is 24.9 Å². The van der Waals surface area contributed by atoms with Crippen LogP contribution in [0.15, 0.2) is 48.9 Å². The minimum absolute atomic E-state index is 0.161. The molecule has 1 fully saturated rings. The molecule has 1 aliphatic heterocycles. The molecule has 0 saturated carbocycles. The Kier molecular flexibility index (Phi) is 4.20. The maximum atomic E-state index is 4.66. The van der Waals surface area contributed by atoms with Crippen molar-refractivity contribution in [3.63, 3.8) is 0 Å². The molecular weight excluding hydrogens is 314 g/mol. The van der Waals surface area contributed by atoms with Gasteiger partial charge in [0.15, 0.2) is 0 Å². The number of aromatic nitrogens is 5. The fourth-order valence-corrected chi connectivity index (χ4v) is 3.15. The SMILES string of the molecule is Cc1nc(Nc2ccccn2)cc([C@@H]2CCCN2c2ncccn2)n1. The fraction of sp³-hybridized carbons (Fsp3) is 0.278. The lowest BCUT2D eigenvalue weighted by molar-refractivity contribution is 0.673. The average molecular weight is 333 g/mol. The molecule has 4 heterocycles. The van der Waals surface area contributed by atoms with Crippen LogP contribution in [0.1, 0.15) is 30.4 Å². The molecule has 1 saturated heterocycles. The van der Waals surface area contributed by atoms with Crippen molar-refractivity contribution in [3.05, 3.63) is 60.4 Å². The molecule has 1 atom stereocenters. The molecule has 0 aliphatic carbocycles. The summed E-state index contributed by atoms with van der Waals surface area (Å²) < 4.78 is 0. The third kappa shape index (κ3) is 3.40. The molecule has 0 aromatic carbocycles. The van der Waals surface area contributed by atoms with E-state index in [9.17, 15) is 0 Å². The highest BCUT2D eigenvalue weighted by molar-refractivity contribution is 5.52. The van der Waals surface area contributed by atoms with Gasteiger partial charge >= 0.3 is 0 Å². The normalized spacial score (nSPS) is 16.8. The summed E-state index contributed by atoms with van der Waals surface area (Å²) in [6.45, 7) is 2.84. The first-order valence-corrected chi connectivity index (χ1v) is 8.37. The quantitative estimate of drug-likeness (QED) is 0.786. The van der Waals surface area contributed by atoms with E-state index >= 15 is 0 Å². The monoisotopic (exact) mass is 333 g/mol. The Hall–Kier alpha value is -3.09. The van der Waals surface area contributed by atoms with Gasteiger partial charge in [0.25, 0.3) is 0 Å². The first kappa shape index (κ1) is 15.4. The molecule has 0 amide bonds. The van der Waals surface area contributed by atoms with E-state index in [2.05, 4.69) is 35.1 Å². The molecule has 3 aromatic rings. The Morgan fingerprint density at radius 1 is 1.00 bits per heavy atom. The van der Waals surface area contributed by atoms with Gasteiger partial charge in [0.2, 0.25) is 5.95 Å². The van der Waals surface area contributed by atoms with Gasteiger partial charge in [-0.2, -0.15) is 0 Å². The zero-order valence-electron chi connectivity index (χ0n) is 14.0. The molecule has 3 aromatic heterocycles. The summed E-state index contributed by atoms with van der Waals surface area (Å²) in [6, 6.07) is 9.73. The zero-order chi connectivity index (χ0) is 17.1. The van der Waals surface area contributed by atoms with Crippen LogP contribution in [0.5, 0.6) is 0 Å². The van der Waals surface area contributed by atoms with Crippen LogP contribution in [-0.2, 0) is 0 Å². The summed E-state index contributed by atoms with van der Waals surface area (Å²) in [5.74, 6) is 3.00. The smallest absolute Gasteiger partial charge is 0.225 e. The molecule has 7 heteroatoms. The van der Waals surface area contributed by atoms with E-state index in [1.807, 2.05) is 37.3 Å². The van der Waals surface area contributed by atoms with Crippen molar-refractivity contribution >= 4 is 17.6 Å². The number of anilines is 3. The molecule has 0 spiro atoms. The van der Waals surface area contributed by atoms with Gasteiger partial charge in [-0.15, -0.1) is 0 Å². The van der Waals surface area contributed by atoms with Crippen molar-refractivity contribution in [2.45, 2.75) is 25.8 Å². The van der Waals surface area contributed by atoms with Gasteiger partial charge in [-0.3, -0.25) is 0 Å². The van der Waals surface area contributed by atoms with Gasteiger partial charge in [-0.1, -0.05) is 6.07 Å². The second kappa shape index (κ2) is 6.80. The number of pyridine rings is 1. The molecular formula is C18H19N7. The summed E-state index contributed by atoms with van der Waals surface area (Å²) in [5.41, 5.74) is 0.982. The van der Waals surface area contributed by atoms with E-state index in [0.717, 1.165) is 48.5 Å². The molecule has 7 nitrogen and oxygen atoms in total. The molecule has 0 bridgehead atoms. The molecule has 126 valence electrons. The van der Waals surface area contributed by atoms with Crippen molar-refractivity contribution in [3.8, 4) is 0 Å². The van der Waals surface area contributed by atoms with Crippen molar-refractivity contribution in [2.24, 2.45) is 0 Å². The highest BCUT2D eigenvalue weighted by atomic mass is 15.3. The Morgan fingerprint density at radius 2 is 1.84 bits per heavy atom. The maximum absolute atomic E-state index is 4.66. The minimum Gasteiger partial charge on any atom is -0.332 e. The van der Waals surface area contributed by atoms with Gasteiger partial charge in [-0.25, -0.2) is 24.9 Å². The van der Waals surface area contributed by atoms with Gasteiger partial charge < -0.3 is 10.2 Å². The third-order valence-electron chi connectivity index (χ3n) is 4.18. The van der Waals surface area contributed by atoms with E-state index in [1.165, 1.54) is 0 Å².